The molecular weight excluding hydrogens is 279 g/mol. The average Bonchev–Trinajstić information content (AvgIpc) is 3.13. The van der Waals surface area contributed by atoms with Crippen LogP contribution in [0.2, 0.25) is 5.02 Å². The molecular formula is C15H18Cl2N2. The van der Waals surface area contributed by atoms with Crippen LogP contribution in [0, 0.1) is 5.92 Å². The number of hydrogen-bond donors (Lipinski definition) is 0. The maximum absolute atomic E-state index is 6.16. The number of hydrogen-bond acceptors (Lipinski definition) is 1. The molecule has 2 nitrogen and oxygen atoms in total. The quantitative estimate of drug-likeness (QED) is 0.753. The van der Waals surface area contributed by atoms with Gasteiger partial charge in [-0.05, 0) is 50.8 Å². The Balaban J connectivity index is 2.23. The van der Waals surface area contributed by atoms with Crippen molar-refractivity contribution < 1.29 is 0 Å². The zero-order valence-electron chi connectivity index (χ0n) is 11.3. The molecule has 1 aromatic heterocycles. The molecule has 19 heavy (non-hydrogen) atoms. The predicted octanol–water partition coefficient (Wildman–Crippen LogP) is 4.62. The first-order valence-electron chi connectivity index (χ1n) is 6.77. The van der Waals surface area contributed by atoms with Gasteiger partial charge < -0.3 is 4.57 Å². The summed E-state index contributed by atoms with van der Waals surface area (Å²) in [5, 5.41) is 0.762. The van der Waals surface area contributed by atoms with E-state index in [1.807, 2.05) is 18.2 Å². The molecule has 0 saturated heterocycles. The zero-order valence-corrected chi connectivity index (χ0v) is 12.8. The summed E-state index contributed by atoms with van der Waals surface area (Å²) in [6, 6.07) is 5.91. The van der Waals surface area contributed by atoms with E-state index < -0.39 is 0 Å². The second-order valence-corrected chi connectivity index (χ2v) is 6.68. The number of nitrogens with zero attached hydrogens (tertiary/aromatic N) is 2. The van der Waals surface area contributed by atoms with Crippen molar-refractivity contribution in [3.05, 3.63) is 29.0 Å². The number of alkyl halides is 1. The van der Waals surface area contributed by atoms with E-state index >= 15 is 0 Å². The normalized spacial score (nSPS) is 16.2. The van der Waals surface area contributed by atoms with E-state index in [9.17, 15) is 0 Å². The zero-order chi connectivity index (χ0) is 13.6. The molecule has 0 bridgehead atoms. The van der Waals surface area contributed by atoms with Crippen LogP contribution in [0.4, 0.5) is 0 Å². The first kappa shape index (κ1) is 13.3. The van der Waals surface area contributed by atoms with Gasteiger partial charge in [-0.25, -0.2) is 4.98 Å². The molecule has 102 valence electrons. The maximum Gasteiger partial charge on any atom is 0.111 e. The molecule has 0 spiro atoms. The van der Waals surface area contributed by atoms with Crippen molar-refractivity contribution in [2.45, 2.75) is 38.6 Å². The Hall–Kier alpha value is -0.730. The van der Waals surface area contributed by atoms with E-state index in [4.69, 9.17) is 28.2 Å². The smallest absolute Gasteiger partial charge is 0.111 e. The molecule has 0 unspecified atom stereocenters. The van der Waals surface area contributed by atoms with Crippen molar-refractivity contribution in [2.24, 2.45) is 5.92 Å². The number of aryl methyl sites for hydroxylation is 1. The Morgan fingerprint density at radius 1 is 1.37 bits per heavy atom. The fraction of sp³-hybridized carbons (Fsp3) is 0.533. The minimum absolute atomic E-state index is 0.0842. The maximum atomic E-state index is 6.16. The van der Waals surface area contributed by atoms with Crippen molar-refractivity contribution in [3.63, 3.8) is 0 Å². The Labute approximate surface area is 123 Å². The minimum atomic E-state index is 0.0842. The number of benzene rings is 1. The van der Waals surface area contributed by atoms with Gasteiger partial charge in [0, 0.05) is 22.9 Å². The van der Waals surface area contributed by atoms with Crippen LogP contribution in [0.5, 0.6) is 0 Å². The molecule has 1 fully saturated rings. The fourth-order valence-electron chi connectivity index (χ4n) is 2.97. The third-order valence-corrected chi connectivity index (χ3v) is 4.58. The van der Waals surface area contributed by atoms with Gasteiger partial charge in [0.25, 0.3) is 0 Å². The van der Waals surface area contributed by atoms with Gasteiger partial charge in [0.15, 0.2) is 0 Å². The summed E-state index contributed by atoms with van der Waals surface area (Å²) in [7, 11) is 0. The minimum Gasteiger partial charge on any atom is -0.322 e. The van der Waals surface area contributed by atoms with E-state index in [1.165, 1.54) is 12.8 Å². The molecule has 1 aromatic carbocycles. The highest BCUT2D eigenvalue weighted by Gasteiger charge is 2.41. The first-order valence-corrected chi connectivity index (χ1v) is 7.68. The second kappa shape index (κ2) is 4.68. The molecule has 0 atom stereocenters. The van der Waals surface area contributed by atoms with E-state index in [-0.39, 0.29) is 5.54 Å². The lowest BCUT2D eigenvalue weighted by Gasteiger charge is -2.29. The van der Waals surface area contributed by atoms with Crippen LogP contribution in [0.25, 0.3) is 11.0 Å². The molecule has 1 aliphatic rings. The summed E-state index contributed by atoms with van der Waals surface area (Å²) in [5.41, 5.74) is 2.23. The van der Waals surface area contributed by atoms with Crippen molar-refractivity contribution in [2.75, 3.05) is 5.88 Å². The predicted molar refractivity (Wildman–Crippen MR) is 81.2 cm³/mol. The average molecular weight is 297 g/mol. The lowest BCUT2D eigenvalue weighted by molar-refractivity contribution is 0.305. The summed E-state index contributed by atoms with van der Waals surface area (Å²) in [6.07, 6.45) is 3.39. The lowest BCUT2D eigenvalue weighted by Crippen LogP contribution is -2.30. The number of imidazole rings is 1. The summed E-state index contributed by atoms with van der Waals surface area (Å²) in [5.74, 6) is 2.40. The molecule has 1 saturated carbocycles. The van der Waals surface area contributed by atoms with Crippen molar-refractivity contribution in [1.82, 2.24) is 9.55 Å². The van der Waals surface area contributed by atoms with Crippen LogP contribution in [0.3, 0.4) is 0 Å². The first-order chi connectivity index (χ1) is 9.04. The third-order valence-electron chi connectivity index (χ3n) is 4.16. The molecule has 0 aliphatic heterocycles. The van der Waals surface area contributed by atoms with Crippen LogP contribution >= 0.6 is 23.2 Å². The molecule has 3 rings (SSSR count). The Bertz CT molecular complexity index is 612. The number of fused-ring (bicyclic) bond motifs is 1. The Morgan fingerprint density at radius 3 is 2.74 bits per heavy atom. The van der Waals surface area contributed by atoms with Crippen LogP contribution < -0.4 is 0 Å². The van der Waals surface area contributed by atoms with Crippen molar-refractivity contribution in [3.8, 4) is 0 Å². The van der Waals surface area contributed by atoms with Crippen LogP contribution in [-0.2, 0) is 12.0 Å². The van der Waals surface area contributed by atoms with E-state index in [2.05, 4.69) is 18.4 Å². The summed E-state index contributed by atoms with van der Waals surface area (Å²) in [6.45, 7) is 4.59. The SMILES string of the molecule is CC(C)(C1CC1)n1c(CCCl)nc2ccc(Cl)cc21. The largest absolute Gasteiger partial charge is 0.322 e. The van der Waals surface area contributed by atoms with E-state index in [0.717, 1.165) is 34.2 Å². The molecule has 2 aromatic rings. The Morgan fingerprint density at radius 2 is 2.11 bits per heavy atom. The van der Waals surface area contributed by atoms with Gasteiger partial charge >= 0.3 is 0 Å². The van der Waals surface area contributed by atoms with E-state index in [0.29, 0.717) is 5.88 Å². The van der Waals surface area contributed by atoms with Gasteiger partial charge in [-0.3, -0.25) is 0 Å². The van der Waals surface area contributed by atoms with Crippen LogP contribution in [0.15, 0.2) is 18.2 Å². The van der Waals surface area contributed by atoms with Gasteiger partial charge in [0.2, 0.25) is 0 Å². The molecule has 0 amide bonds. The third kappa shape index (κ3) is 2.25. The molecule has 1 heterocycles. The lowest BCUT2D eigenvalue weighted by atomic mass is 9.97. The van der Waals surface area contributed by atoms with Crippen LogP contribution in [0.1, 0.15) is 32.5 Å². The fourth-order valence-corrected chi connectivity index (χ4v) is 3.30. The van der Waals surface area contributed by atoms with Gasteiger partial charge in [-0.15, -0.1) is 11.6 Å². The highest BCUT2D eigenvalue weighted by Crippen LogP contribution is 2.45. The van der Waals surface area contributed by atoms with Crippen molar-refractivity contribution in [1.29, 1.82) is 0 Å². The van der Waals surface area contributed by atoms with E-state index in [1.54, 1.807) is 0 Å². The summed E-state index contributed by atoms with van der Waals surface area (Å²) in [4.78, 5) is 4.74. The van der Waals surface area contributed by atoms with Gasteiger partial charge in [0.05, 0.1) is 11.0 Å². The van der Waals surface area contributed by atoms with Gasteiger partial charge in [-0.2, -0.15) is 0 Å². The summed E-state index contributed by atoms with van der Waals surface area (Å²) >= 11 is 12.1. The molecule has 1 aliphatic carbocycles. The van der Waals surface area contributed by atoms with Gasteiger partial charge in [-0.1, -0.05) is 11.6 Å². The summed E-state index contributed by atoms with van der Waals surface area (Å²) < 4.78 is 2.36. The molecule has 4 heteroatoms. The number of aromatic nitrogens is 2. The standard InChI is InChI=1S/C15H18Cl2N2/c1-15(2,10-3-4-10)19-13-9-11(17)5-6-12(13)18-14(19)7-8-16/h5-6,9-10H,3-4,7-8H2,1-2H3. The highest BCUT2D eigenvalue weighted by atomic mass is 35.5. The molecule has 0 radical (unpaired) electrons. The van der Waals surface area contributed by atoms with Crippen LogP contribution in [-0.4, -0.2) is 15.4 Å². The number of rotatable bonds is 4. The highest BCUT2D eigenvalue weighted by molar-refractivity contribution is 6.31. The topological polar surface area (TPSA) is 17.8 Å². The monoisotopic (exact) mass is 296 g/mol. The second-order valence-electron chi connectivity index (χ2n) is 5.86. The molecule has 0 N–H and O–H groups in total. The number of halogens is 2. The Kier molecular flexibility index (Phi) is 3.26. The van der Waals surface area contributed by atoms with Crippen molar-refractivity contribution >= 4 is 34.2 Å². The van der Waals surface area contributed by atoms with Gasteiger partial charge in [0.1, 0.15) is 5.82 Å².